The molecule has 1 N–H and O–H groups in total. The number of rotatable bonds is 6. The van der Waals surface area contributed by atoms with Crippen LogP contribution < -0.4 is 0 Å². The predicted molar refractivity (Wildman–Crippen MR) is 94.1 cm³/mol. The third-order valence-corrected chi connectivity index (χ3v) is 5.38. The van der Waals surface area contributed by atoms with Crippen LogP contribution in [0.2, 0.25) is 0 Å². The van der Waals surface area contributed by atoms with Gasteiger partial charge in [-0.25, -0.2) is 8.78 Å². The molecule has 1 fully saturated rings. The van der Waals surface area contributed by atoms with Crippen LogP contribution in [0, 0.1) is 17.0 Å². The van der Waals surface area contributed by atoms with Gasteiger partial charge in [0.1, 0.15) is 11.6 Å². The summed E-state index contributed by atoms with van der Waals surface area (Å²) in [6, 6.07) is 2.79. The van der Waals surface area contributed by atoms with Crippen molar-refractivity contribution in [1.29, 1.82) is 0 Å². The molecule has 1 aliphatic heterocycles. The molecule has 2 rings (SSSR count). The van der Waals surface area contributed by atoms with Gasteiger partial charge < -0.3 is 14.9 Å². The zero-order valence-electron chi connectivity index (χ0n) is 15.5. The first-order chi connectivity index (χ1) is 12.7. The van der Waals surface area contributed by atoms with Gasteiger partial charge in [-0.2, -0.15) is 0 Å². The standard InChI is InChI=1S/C19H24F2N2O4/c1-3-19(4-2,18(26)27)12-16(24)22-7-9-23(10-8-22)17(25)14-6-5-13(20)11-15(14)21/h5-6,11H,3-4,7-10,12H2,1-2H3,(H,26,27). The summed E-state index contributed by atoms with van der Waals surface area (Å²) in [6.07, 6.45) is 0.621. The van der Waals surface area contributed by atoms with E-state index in [1.807, 2.05) is 0 Å². The summed E-state index contributed by atoms with van der Waals surface area (Å²) in [4.78, 5) is 39.4. The average molecular weight is 382 g/mol. The molecule has 0 radical (unpaired) electrons. The topological polar surface area (TPSA) is 77.9 Å². The van der Waals surface area contributed by atoms with E-state index in [0.717, 1.165) is 12.1 Å². The highest BCUT2D eigenvalue weighted by Crippen LogP contribution is 2.32. The zero-order valence-corrected chi connectivity index (χ0v) is 15.5. The van der Waals surface area contributed by atoms with Crippen LogP contribution >= 0.6 is 0 Å². The first kappa shape index (κ1) is 20.8. The van der Waals surface area contributed by atoms with Crippen molar-refractivity contribution in [3.05, 3.63) is 35.4 Å². The number of carbonyl (C=O) groups excluding carboxylic acids is 2. The maximum Gasteiger partial charge on any atom is 0.310 e. The predicted octanol–water partition coefficient (Wildman–Crippen LogP) is 2.53. The fraction of sp³-hybridized carbons (Fsp3) is 0.526. The molecule has 0 saturated carbocycles. The molecule has 1 aromatic rings. The van der Waals surface area contributed by atoms with Crippen LogP contribution in [0.25, 0.3) is 0 Å². The molecule has 8 heteroatoms. The van der Waals surface area contributed by atoms with Gasteiger partial charge in [-0.05, 0) is 25.0 Å². The number of amides is 2. The molecule has 27 heavy (non-hydrogen) atoms. The quantitative estimate of drug-likeness (QED) is 0.820. The van der Waals surface area contributed by atoms with Crippen molar-refractivity contribution in [2.45, 2.75) is 33.1 Å². The van der Waals surface area contributed by atoms with E-state index in [2.05, 4.69) is 0 Å². The maximum absolute atomic E-state index is 13.8. The van der Waals surface area contributed by atoms with Crippen LogP contribution in [-0.2, 0) is 9.59 Å². The summed E-state index contributed by atoms with van der Waals surface area (Å²) in [7, 11) is 0. The maximum atomic E-state index is 13.8. The SMILES string of the molecule is CCC(CC)(CC(=O)N1CCN(C(=O)c2ccc(F)cc2F)CC1)C(=O)O. The lowest BCUT2D eigenvalue weighted by Gasteiger charge is -2.36. The number of nitrogens with zero attached hydrogens (tertiary/aromatic N) is 2. The largest absolute Gasteiger partial charge is 0.481 e. The van der Waals surface area contributed by atoms with Crippen molar-refractivity contribution in [1.82, 2.24) is 9.80 Å². The third-order valence-electron chi connectivity index (χ3n) is 5.38. The molecule has 0 aliphatic carbocycles. The Kier molecular flexibility index (Phi) is 6.51. The number of carboxylic acids is 1. The molecular formula is C19H24F2N2O4. The van der Waals surface area contributed by atoms with Crippen LogP contribution in [0.3, 0.4) is 0 Å². The third kappa shape index (κ3) is 4.43. The lowest BCUT2D eigenvalue weighted by atomic mass is 9.79. The number of hydrogen-bond acceptors (Lipinski definition) is 3. The van der Waals surface area contributed by atoms with Crippen LogP contribution in [0.5, 0.6) is 0 Å². The monoisotopic (exact) mass is 382 g/mol. The molecule has 0 aromatic heterocycles. The highest BCUT2D eigenvalue weighted by molar-refractivity contribution is 5.94. The van der Waals surface area contributed by atoms with E-state index in [-0.39, 0.29) is 44.1 Å². The second-order valence-electron chi connectivity index (χ2n) is 6.77. The highest BCUT2D eigenvalue weighted by Gasteiger charge is 2.39. The molecule has 0 bridgehead atoms. The first-order valence-corrected chi connectivity index (χ1v) is 8.99. The fourth-order valence-electron chi connectivity index (χ4n) is 3.27. The van der Waals surface area contributed by atoms with Gasteiger partial charge in [0, 0.05) is 38.7 Å². The Morgan fingerprint density at radius 3 is 2.07 bits per heavy atom. The van der Waals surface area contributed by atoms with Gasteiger partial charge in [0.2, 0.25) is 5.91 Å². The minimum atomic E-state index is -1.08. The number of carboxylic acid groups (broad SMARTS) is 1. The number of halogens is 2. The molecule has 2 amide bonds. The van der Waals surface area contributed by atoms with E-state index in [0.29, 0.717) is 18.9 Å². The number of hydrogen-bond donors (Lipinski definition) is 1. The van der Waals surface area contributed by atoms with Crippen molar-refractivity contribution in [3.63, 3.8) is 0 Å². The van der Waals surface area contributed by atoms with Crippen molar-refractivity contribution >= 4 is 17.8 Å². The summed E-state index contributed by atoms with van der Waals surface area (Å²) < 4.78 is 26.8. The van der Waals surface area contributed by atoms with Crippen LogP contribution in [0.15, 0.2) is 18.2 Å². The average Bonchev–Trinajstić information content (AvgIpc) is 2.65. The Balaban J connectivity index is 1.99. The number of aliphatic carboxylic acids is 1. The second-order valence-corrected chi connectivity index (χ2v) is 6.77. The normalized spacial score (nSPS) is 15.0. The molecule has 1 aliphatic rings. The summed E-state index contributed by atoms with van der Waals surface area (Å²) in [6.45, 7) is 4.41. The molecule has 0 spiro atoms. The number of carbonyl (C=O) groups is 3. The summed E-state index contributed by atoms with van der Waals surface area (Å²) in [5.74, 6) is -3.48. The smallest absolute Gasteiger partial charge is 0.310 e. The van der Waals surface area contributed by atoms with E-state index in [1.54, 1.807) is 13.8 Å². The molecule has 1 saturated heterocycles. The molecule has 0 unspecified atom stereocenters. The fourth-order valence-corrected chi connectivity index (χ4v) is 3.27. The zero-order chi connectivity index (χ0) is 20.2. The number of benzene rings is 1. The van der Waals surface area contributed by atoms with E-state index in [1.165, 1.54) is 9.80 Å². The van der Waals surface area contributed by atoms with Gasteiger partial charge in [0.25, 0.3) is 5.91 Å². The van der Waals surface area contributed by atoms with Gasteiger partial charge in [0.05, 0.1) is 11.0 Å². The minimum absolute atomic E-state index is 0.0874. The van der Waals surface area contributed by atoms with E-state index in [4.69, 9.17) is 0 Å². The highest BCUT2D eigenvalue weighted by atomic mass is 19.1. The van der Waals surface area contributed by atoms with E-state index in [9.17, 15) is 28.3 Å². The van der Waals surface area contributed by atoms with Crippen molar-refractivity contribution in [3.8, 4) is 0 Å². The molecule has 1 aromatic carbocycles. The Labute approximate surface area is 156 Å². The Morgan fingerprint density at radius 2 is 1.59 bits per heavy atom. The van der Waals surface area contributed by atoms with Crippen LogP contribution in [0.1, 0.15) is 43.5 Å². The molecule has 1 heterocycles. The Morgan fingerprint density at radius 1 is 1.04 bits per heavy atom. The van der Waals surface area contributed by atoms with Crippen molar-refractivity contribution in [2.24, 2.45) is 5.41 Å². The second kappa shape index (κ2) is 8.45. The Bertz CT molecular complexity index is 726. The lowest BCUT2D eigenvalue weighted by molar-refractivity contribution is -0.154. The van der Waals surface area contributed by atoms with Crippen molar-refractivity contribution in [2.75, 3.05) is 26.2 Å². The molecule has 0 atom stereocenters. The van der Waals surface area contributed by atoms with Gasteiger partial charge in [0.15, 0.2) is 0 Å². The van der Waals surface area contributed by atoms with Crippen molar-refractivity contribution < 1.29 is 28.3 Å². The van der Waals surface area contributed by atoms with Crippen LogP contribution in [-0.4, -0.2) is 58.9 Å². The molecule has 148 valence electrons. The molecular weight excluding hydrogens is 358 g/mol. The minimum Gasteiger partial charge on any atom is -0.481 e. The summed E-state index contributed by atoms with van der Waals surface area (Å²) in [5, 5.41) is 9.47. The van der Waals surface area contributed by atoms with Gasteiger partial charge in [-0.15, -0.1) is 0 Å². The summed E-state index contributed by atoms with van der Waals surface area (Å²) >= 11 is 0. The first-order valence-electron chi connectivity index (χ1n) is 8.99. The lowest BCUT2D eigenvalue weighted by Crippen LogP contribution is -2.51. The van der Waals surface area contributed by atoms with Gasteiger partial charge in [-0.1, -0.05) is 13.8 Å². The number of piperazine rings is 1. The summed E-state index contributed by atoms with van der Waals surface area (Å²) in [5.41, 5.74) is -1.29. The van der Waals surface area contributed by atoms with Crippen LogP contribution in [0.4, 0.5) is 8.78 Å². The van der Waals surface area contributed by atoms with Gasteiger partial charge in [-0.3, -0.25) is 14.4 Å². The molecule has 6 nitrogen and oxygen atoms in total. The van der Waals surface area contributed by atoms with E-state index < -0.39 is 28.9 Å². The Hall–Kier alpha value is -2.51. The van der Waals surface area contributed by atoms with E-state index >= 15 is 0 Å². The van der Waals surface area contributed by atoms with Gasteiger partial charge >= 0.3 is 5.97 Å².